The standard InChI is InChI=1S/C16H27N3S/c1-16(2,3)11-7-9-19(10-8-11)15-18-14-12(17)5-4-6-13(14)20-15/h11-12H,4-10,17H2,1-3H3. The predicted octanol–water partition coefficient (Wildman–Crippen LogP) is 3.74. The van der Waals surface area contributed by atoms with Crippen LogP contribution in [0.25, 0.3) is 0 Å². The average Bonchev–Trinajstić information content (AvgIpc) is 2.83. The summed E-state index contributed by atoms with van der Waals surface area (Å²) in [5, 5.41) is 1.22. The highest BCUT2D eigenvalue weighted by atomic mass is 32.1. The second-order valence-electron chi connectivity index (χ2n) is 7.43. The molecule has 0 amide bonds. The molecular formula is C16H27N3S. The van der Waals surface area contributed by atoms with Crippen LogP contribution in [-0.4, -0.2) is 18.1 Å². The summed E-state index contributed by atoms with van der Waals surface area (Å²) in [7, 11) is 0. The van der Waals surface area contributed by atoms with E-state index in [2.05, 4.69) is 25.7 Å². The minimum Gasteiger partial charge on any atom is -0.348 e. The number of fused-ring (bicyclic) bond motifs is 1. The van der Waals surface area contributed by atoms with Gasteiger partial charge in [0.2, 0.25) is 0 Å². The minimum atomic E-state index is 0.177. The van der Waals surface area contributed by atoms with Gasteiger partial charge in [0.05, 0.1) is 5.69 Å². The molecule has 112 valence electrons. The molecule has 3 nitrogen and oxygen atoms in total. The van der Waals surface area contributed by atoms with Gasteiger partial charge >= 0.3 is 0 Å². The van der Waals surface area contributed by atoms with E-state index in [4.69, 9.17) is 10.7 Å². The molecule has 2 heterocycles. The summed E-state index contributed by atoms with van der Waals surface area (Å²) in [6, 6.07) is 0.177. The molecule has 1 atom stereocenters. The van der Waals surface area contributed by atoms with E-state index >= 15 is 0 Å². The largest absolute Gasteiger partial charge is 0.348 e. The smallest absolute Gasteiger partial charge is 0.185 e. The molecule has 1 aromatic heterocycles. The molecule has 3 rings (SSSR count). The van der Waals surface area contributed by atoms with Crippen molar-refractivity contribution in [3.8, 4) is 0 Å². The first-order chi connectivity index (χ1) is 9.45. The number of hydrogen-bond donors (Lipinski definition) is 1. The van der Waals surface area contributed by atoms with Gasteiger partial charge in [-0.1, -0.05) is 20.8 Å². The molecule has 0 saturated carbocycles. The lowest BCUT2D eigenvalue weighted by Gasteiger charge is -2.38. The van der Waals surface area contributed by atoms with Gasteiger partial charge < -0.3 is 10.6 Å². The van der Waals surface area contributed by atoms with Crippen LogP contribution in [0, 0.1) is 11.3 Å². The molecule has 1 aliphatic carbocycles. The molecule has 1 aliphatic heterocycles. The fraction of sp³-hybridized carbons (Fsp3) is 0.812. The lowest BCUT2D eigenvalue weighted by Crippen LogP contribution is -2.38. The topological polar surface area (TPSA) is 42.2 Å². The highest BCUT2D eigenvalue weighted by Gasteiger charge is 2.30. The highest BCUT2D eigenvalue weighted by molar-refractivity contribution is 7.15. The third kappa shape index (κ3) is 2.73. The van der Waals surface area contributed by atoms with Crippen molar-refractivity contribution in [2.75, 3.05) is 18.0 Å². The summed E-state index contributed by atoms with van der Waals surface area (Å²) in [5.74, 6) is 0.843. The fourth-order valence-electron chi connectivity index (χ4n) is 3.51. The number of aromatic nitrogens is 1. The van der Waals surface area contributed by atoms with Gasteiger partial charge in [0.15, 0.2) is 5.13 Å². The Morgan fingerprint density at radius 2 is 1.90 bits per heavy atom. The second kappa shape index (κ2) is 5.30. The van der Waals surface area contributed by atoms with Crippen LogP contribution < -0.4 is 10.6 Å². The first-order valence-corrected chi connectivity index (χ1v) is 8.77. The predicted molar refractivity (Wildman–Crippen MR) is 86.4 cm³/mol. The molecule has 20 heavy (non-hydrogen) atoms. The number of nitrogens with zero attached hydrogens (tertiary/aromatic N) is 2. The highest BCUT2D eigenvalue weighted by Crippen LogP contribution is 2.39. The van der Waals surface area contributed by atoms with Crippen LogP contribution in [0.15, 0.2) is 0 Å². The van der Waals surface area contributed by atoms with E-state index in [9.17, 15) is 0 Å². The van der Waals surface area contributed by atoms with Crippen LogP contribution in [0.2, 0.25) is 0 Å². The first kappa shape index (κ1) is 14.3. The van der Waals surface area contributed by atoms with Crippen LogP contribution in [0.4, 0.5) is 5.13 Å². The molecule has 0 radical (unpaired) electrons. The Kier molecular flexibility index (Phi) is 3.80. The van der Waals surface area contributed by atoms with E-state index in [-0.39, 0.29) is 6.04 Å². The molecule has 1 aromatic rings. The average molecular weight is 293 g/mol. The molecular weight excluding hydrogens is 266 g/mol. The molecule has 0 aromatic carbocycles. The van der Waals surface area contributed by atoms with E-state index in [0.29, 0.717) is 5.41 Å². The maximum atomic E-state index is 6.19. The van der Waals surface area contributed by atoms with Crippen LogP contribution in [0.3, 0.4) is 0 Å². The number of anilines is 1. The number of thiazole rings is 1. The zero-order valence-corrected chi connectivity index (χ0v) is 13.8. The van der Waals surface area contributed by atoms with Crippen molar-refractivity contribution in [1.82, 2.24) is 4.98 Å². The van der Waals surface area contributed by atoms with Crippen LogP contribution >= 0.6 is 11.3 Å². The fourth-order valence-corrected chi connectivity index (χ4v) is 4.73. The van der Waals surface area contributed by atoms with Gasteiger partial charge in [-0.25, -0.2) is 4.98 Å². The second-order valence-corrected chi connectivity index (χ2v) is 8.49. The van der Waals surface area contributed by atoms with Crippen LogP contribution in [0.1, 0.15) is 63.1 Å². The molecule has 0 spiro atoms. The Bertz CT molecular complexity index is 467. The lowest BCUT2D eigenvalue weighted by atomic mass is 9.75. The molecule has 2 aliphatic rings. The van der Waals surface area contributed by atoms with Crippen molar-refractivity contribution in [2.24, 2.45) is 17.1 Å². The number of nitrogens with two attached hydrogens (primary N) is 1. The van der Waals surface area contributed by atoms with Crippen LogP contribution in [-0.2, 0) is 6.42 Å². The van der Waals surface area contributed by atoms with Gasteiger partial charge in [-0.05, 0) is 43.4 Å². The SMILES string of the molecule is CC(C)(C)C1CCN(c2nc3c(s2)CCCC3N)CC1. The third-order valence-corrected chi connectivity index (χ3v) is 6.17. The van der Waals surface area contributed by atoms with Crippen molar-refractivity contribution in [2.45, 2.75) is 58.9 Å². The van der Waals surface area contributed by atoms with Crippen molar-refractivity contribution >= 4 is 16.5 Å². The Labute approximate surface area is 126 Å². The Morgan fingerprint density at radius 1 is 1.20 bits per heavy atom. The molecule has 1 fully saturated rings. The monoisotopic (exact) mass is 293 g/mol. The summed E-state index contributed by atoms with van der Waals surface area (Å²) in [5.41, 5.74) is 7.82. The van der Waals surface area contributed by atoms with E-state index in [1.165, 1.54) is 41.4 Å². The van der Waals surface area contributed by atoms with Gasteiger partial charge in [-0.3, -0.25) is 0 Å². The number of rotatable bonds is 1. The van der Waals surface area contributed by atoms with Gasteiger partial charge in [-0.2, -0.15) is 0 Å². The summed E-state index contributed by atoms with van der Waals surface area (Å²) in [4.78, 5) is 8.79. The minimum absolute atomic E-state index is 0.177. The summed E-state index contributed by atoms with van der Waals surface area (Å²) in [6.07, 6.45) is 6.09. The Morgan fingerprint density at radius 3 is 2.50 bits per heavy atom. The van der Waals surface area contributed by atoms with Crippen molar-refractivity contribution in [3.05, 3.63) is 10.6 Å². The van der Waals surface area contributed by atoms with Gasteiger partial charge in [0, 0.05) is 24.0 Å². The van der Waals surface area contributed by atoms with Crippen molar-refractivity contribution in [1.29, 1.82) is 0 Å². The molecule has 4 heteroatoms. The molecule has 0 bridgehead atoms. The number of piperidine rings is 1. The normalized spacial score (nSPS) is 24.8. The summed E-state index contributed by atoms with van der Waals surface area (Å²) in [6.45, 7) is 9.42. The molecule has 2 N–H and O–H groups in total. The lowest BCUT2D eigenvalue weighted by molar-refractivity contribution is 0.199. The number of aryl methyl sites for hydroxylation is 1. The first-order valence-electron chi connectivity index (χ1n) is 7.95. The van der Waals surface area contributed by atoms with Crippen molar-refractivity contribution < 1.29 is 0 Å². The van der Waals surface area contributed by atoms with Crippen molar-refractivity contribution in [3.63, 3.8) is 0 Å². The van der Waals surface area contributed by atoms with Gasteiger partial charge in [0.25, 0.3) is 0 Å². The summed E-state index contributed by atoms with van der Waals surface area (Å²) >= 11 is 1.89. The maximum absolute atomic E-state index is 6.19. The Hall–Kier alpha value is -0.610. The number of hydrogen-bond acceptors (Lipinski definition) is 4. The van der Waals surface area contributed by atoms with Gasteiger partial charge in [0.1, 0.15) is 0 Å². The molecule has 1 saturated heterocycles. The summed E-state index contributed by atoms with van der Waals surface area (Å²) < 4.78 is 0. The van der Waals surface area contributed by atoms with E-state index in [0.717, 1.165) is 25.4 Å². The van der Waals surface area contributed by atoms with Crippen LogP contribution in [0.5, 0.6) is 0 Å². The zero-order chi connectivity index (χ0) is 14.3. The van der Waals surface area contributed by atoms with E-state index in [1.807, 2.05) is 11.3 Å². The quantitative estimate of drug-likeness (QED) is 0.857. The zero-order valence-electron chi connectivity index (χ0n) is 13.0. The van der Waals surface area contributed by atoms with E-state index < -0.39 is 0 Å². The van der Waals surface area contributed by atoms with E-state index in [1.54, 1.807) is 0 Å². The Balaban J connectivity index is 1.70. The maximum Gasteiger partial charge on any atom is 0.185 e. The van der Waals surface area contributed by atoms with Gasteiger partial charge in [-0.15, -0.1) is 11.3 Å². The molecule has 1 unspecified atom stereocenters. The third-order valence-electron chi connectivity index (χ3n) is 4.98.